The van der Waals surface area contributed by atoms with Crippen molar-refractivity contribution in [1.82, 2.24) is 18.3 Å². The highest BCUT2D eigenvalue weighted by molar-refractivity contribution is 6.19. The zero-order valence-corrected chi connectivity index (χ0v) is 47.2. The average molecular weight is 1140 g/mol. The number of hydrogen-bond donors (Lipinski definition) is 0. The van der Waals surface area contributed by atoms with Gasteiger partial charge in [0.1, 0.15) is 0 Å². The first-order chi connectivity index (χ1) is 43.3. The number of allylic oxidation sites excluding steroid dienone is 4. The van der Waals surface area contributed by atoms with Gasteiger partial charge >= 0.3 is 6.18 Å². The Balaban J connectivity index is 0.890. The molecule has 418 valence electrons. The molecule has 0 N–H and O–H groups in total. The number of rotatable bonds is 7. The van der Waals surface area contributed by atoms with Crippen molar-refractivity contribution in [2.45, 2.75) is 18.8 Å². The largest absolute Gasteiger partial charge is 0.659 e. The van der Waals surface area contributed by atoms with Crippen LogP contribution in [0.1, 0.15) is 34.8 Å². The van der Waals surface area contributed by atoms with Crippen molar-refractivity contribution in [1.29, 1.82) is 0 Å². The molecule has 0 saturated carbocycles. The molecular formula is C79H50F3N6-. The van der Waals surface area contributed by atoms with E-state index >= 15 is 0 Å². The van der Waals surface area contributed by atoms with Gasteiger partial charge in [-0.25, -0.2) is 0 Å². The van der Waals surface area contributed by atoms with E-state index in [2.05, 4.69) is 255 Å². The van der Waals surface area contributed by atoms with E-state index in [4.69, 9.17) is 10.3 Å². The standard InChI is InChI=1S/C79H50F3N6/c80-79(81,82)53-35-32-48(33-36-53)50-17-15-18-51(42-50)77-76-58-19-2-1-16-49(58)34-41-67(76)83-78(84-77)52-43-56(87-72-30-13-7-24-63(72)65-39-37-54(46-74(65)87)85-68-26-9-3-20-59(68)60-21-4-10-27-69(60)85)45-57(44-52)88-73-31-14-8-25-64(73)66-40-38-55(47-75(66)88)86-70-28-11-5-22-61(70)62-23-6-12-29-71(62)86/h1-41,43-47,51,78H,42H2/q-1. The molecule has 0 saturated heterocycles. The Labute approximate surface area is 502 Å². The Hall–Kier alpha value is -11.2. The fraction of sp³-hybridized carbons (Fsp3) is 0.0506. The molecule has 16 aromatic rings. The van der Waals surface area contributed by atoms with E-state index in [0.29, 0.717) is 6.42 Å². The Bertz CT molecular complexity index is 5350. The van der Waals surface area contributed by atoms with Crippen LogP contribution < -0.4 is 0 Å². The van der Waals surface area contributed by atoms with Gasteiger partial charge in [-0.15, -0.1) is 5.69 Å². The zero-order chi connectivity index (χ0) is 58.4. The van der Waals surface area contributed by atoms with Crippen molar-refractivity contribution in [2.75, 3.05) is 0 Å². The second kappa shape index (κ2) is 19.2. The van der Waals surface area contributed by atoms with Gasteiger partial charge in [0.2, 0.25) is 0 Å². The average Bonchev–Trinajstić information content (AvgIpc) is 1.68. The molecule has 9 heteroatoms. The van der Waals surface area contributed by atoms with Gasteiger partial charge in [0.15, 0.2) is 0 Å². The van der Waals surface area contributed by atoms with Gasteiger partial charge in [0.25, 0.3) is 0 Å². The van der Waals surface area contributed by atoms with Crippen molar-refractivity contribution >= 4 is 115 Å². The predicted octanol–water partition coefficient (Wildman–Crippen LogP) is 21.4. The second-order valence-corrected chi connectivity index (χ2v) is 23.3. The molecule has 18 rings (SSSR count). The van der Waals surface area contributed by atoms with Crippen molar-refractivity contribution in [3.63, 3.8) is 0 Å². The Morgan fingerprint density at radius 2 is 0.807 bits per heavy atom. The van der Waals surface area contributed by atoms with Crippen LogP contribution in [0.5, 0.6) is 0 Å². The maximum Gasteiger partial charge on any atom is 0.416 e. The lowest BCUT2D eigenvalue weighted by molar-refractivity contribution is -0.137. The van der Waals surface area contributed by atoms with E-state index in [1.165, 1.54) is 33.7 Å². The number of alkyl halides is 3. The number of fused-ring (bicyclic) bond motifs is 15. The second-order valence-electron chi connectivity index (χ2n) is 23.3. The van der Waals surface area contributed by atoms with Gasteiger partial charge in [-0.3, -0.25) is 4.99 Å². The summed E-state index contributed by atoms with van der Waals surface area (Å²) >= 11 is 0. The van der Waals surface area contributed by atoms with Gasteiger partial charge < -0.3 is 23.6 Å². The lowest BCUT2D eigenvalue weighted by Crippen LogP contribution is -2.21. The number of halogens is 3. The van der Waals surface area contributed by atoms with Gasteiger partial charge in [-0.2, -0.15) is 13.2 Å². The number of aliphatic imine (C=N–C) groups is 1. The number of nitrogens with zero attached hydrogens (tertiary/aromatic N) is 6. The fourth-order valence-electron chi connectivity index (χ4n) is 14.6. The minimum Gasteiger partial charge on any atom is -0.659 e. The van der Waals surface area contributed by atoms with Crippen LogP contribution in [0.25, 0.3) is 132 Å². The molecule has 0 amide bonds. The van der Waals surface area contributed by atoms with Gasteiger partial charge in [0, 0.05) is 83.6 Å². The molecule has 0 bridgehead atoms. The van der Waals surface area contributed by atoms with Gasteiger partial charge in [-0.05, 0) is 130 Å². The highest BCUT2D eigenvalue weighted by Gasteiger charge is 2.31. The van der Waals surface area contributed by atoms with Crippen molar-refractivity contribution < 1.29 is 13.2 Å². The van der Waals surface area contributed by atoms with Crippen LogP contribution in [0.3, 0.4) is 0 Å². The Morgan fingerprint density at radius 1 is 0.386 bits per heavy atom. The van der Waals surface area contributed by atoms with E-state index in [1.807, 2.05) is 18.2 Å². The van der Waals surface area contributed by atoms with E-state index in [1.54, 1.807) is 12.1 Å². The summed E-state index contributed by atoms with van der Waals surface area (Å²) in [5.74, 6) is -0.222. The third-order valence-electron chi connectivity index (χ3n) is 18.4. The molecule has 4 aromatic heterocycles. The van der Waals surface area contributed by atoms with Crippen LogP contribution in [0, 0.1) is 5.92 Å². The molecule has 88 heavy (non-hydrogen) atoms. The number of benzene rings is 12. The van der Waals surface area contributed by atoms with Crippen LogP contribution in [0.4, 0.5) is 18.9 Å². The lowest BCUT2D eigenvalue weighted by Gasteiger charge is -2.40. The lowest BCUT2D eigenvalue weighted by atomic mass is 9.82. The molecule has 12 aromatic carbocycles. The third kappa shape index (κ3) is 7.66. The zero-order valence-electron chi connectivity index (χ0n) is 47.2. The Morgan fingerprint density at radius 3 is 1.27 bits per heavy atom. The molecule has 1 aliphatic heterocycles. The molecule has 5 heterocycles. The molecule has 2 unspecified atom stereocenters. The van der Waals surface area contributed by atoms with E-state index in [0.717, 1.165) is 133 Å². The summed E-state index contributed by atoms with van der Waals surface area (Å²) in [7, 11) is 0. The molecule has 6 nitrogen and oxygen atoms in total. The maximum atomic E-state index is 13.9. The topological polar surface area (TPSA) is 46.2 Å². The summed E-state index contributed by atoms with van der Waals surface area (Å²) in [6, 6.07) is 90.8. The van der Waals surface area contributed by atoms with E-state index < -0.39 is 17.9 Å². The summed E-state index contributed by atoms with van der Waals surface area (Å²) in [5.41, 5.74) is 17.4. The summed E-state index contributed by atoms with van der Waals surface area (Å²) in [4.78, 5) is 5.84. The first-order valence-corrected chi connectivity index (χ1v) is 29.8. The van der Waals surface area contributed by atoms with Crippen LogP contribution in [-0.2, 0) is 6.18 Å². The highest BCUT2D eigenvalue weighted by atomic mass is 19.4. The molecule has 0 spiro atoms. The number of hydrogen-bond acceptors (Lipinski definition) is 1. The first-order valence-electron chi connectivity index (χ1n) is 29.8. The monoisotopic (exact) mass is 1140 g/mol. The third-order valence-corrected chi connectivity index (χ3v) is 18.4. The molecule has 2 atom stereocenters. The normalized spacial score (nSPS) is 15.4. The first kappa shape index (κ1) is 50.2. The molecule has 2 aliphatic rings. The SMILES string of the molecule is FC(F)(F)c1ccc(C2=CC=CC(C3=NC(c4cc(-n5c6ccccc6c6ccc(-n7c8ccccc8c8ccccc87)cc65)cc(-n5c6ccccc6c6ccc(-n7c8ccccc8c8ccccc87)cc65)c4)[N-]c4ccc5ccccc5c43)C2)cc1. The molecule has 1 aliphatic carbocycles. The highest BCUT2D eigenvalue weighted by Crippen LogP contribution is 2.48. The van der Waals surface area contributed by atoms with E-state index in [9.17, 15) is 13.2 Å². The quantitative estimate of drug-likeness (QED) is 0.153. The number of para-hydroxylation sites is 6. The molecule has 0 radical (unpaired) electrons. The van der Waals surface area contributed by atoms with E-state index in [-0.39, 0.29) is 5.92 Å². The summed E-state index contributed by atoms with van der Waals surface area (Å²) in [5, 5.41) is 17.1. The molecular weight excluding hydrogens is 1090 g/mol. The summed E-state index contributed by atoms with van der Waals surface area (Å²) in [6.07, 6.45) is 1.63. The van der Waals surface area contributed by atoms with Gasteiger partial charge in [-0.1, -0.05) is 188 Å². The number of aromatic nitrogens is 4. The van der Waals surface area contributed by atoms with Crippen molar-refractivity contribution in [3.8, 4) is 22.7 Å². The minimum absolute atomic E-state index is 0.222. The smallest absolute Gasteiger partial charge is 0.416 e. The van der Waals surface area contributed by atoms with Crippen molar-refractivity contribution in [3.05, 3.63) is 307 Å². The van der Waals surface area contributed by atoms with Crippen LogP contribution in [0.15, 0.2) is 284 Å². The minimum atomic E-state index is -4.44. The van der Waals surface area contributed by atoms with Crippen LogP contribution in [-0.4, -0.2) is 24.0 Å². The summed E-state index contributed by atoms with van der Waals surface area (Å²) < 4.78 is 51.2. The summed E-state index contributed by atoms with van der Waals surface area (Å²) in [6.45, 7) is 0. The van der Waals surface area contributed by atoms with Crippen molar-refractivity contribution in [2.24, 2.45) is 10.9 Å². The molecule has 0 fully saturated rings. The Kier molecular flexibility index (Phi) is 10.9. The fourth-order valence-corrected chi connectivity index (χ4v) is 14.6. The maximum absolute atomic E-state index is 13.9. The van der Waals surface area contributed by atoms with Crippen LogP contribution in [0.2, 0.25) is 0 Å². The van der Waals surface area contributed by atoms with Gasteiger partial charge in [0.05, 0.1) is 49.7 Å². The van der Waals surface area contributed by atoms with Crippen LogP contribution >= 0.6 is 0 Å². The predicted molar refractivity (Wildman–Crippen MR) is 357 cm³/mol.